The summed E-state index contributed by atoms with van der Waals surface area (Å²) in [6, 6.07) is 14.5. The van der Waals surface area contributed by atoms with E-state index in [1.165, 1.54) is 5.56 Å². The molecule has 2 aromatic heterocycles. The monoisotopic (exact) mass is 321 g/mol. The minimum absolute atomic E-state index is 0.792. The Morgan fingerprint density at radius 2 is 2.00 bits per heavy atom. The number of nitrogens with zero attached hydrogens (tertiary/aromatic N) is 3. The van der Waals surface area contributed by atoms with Crippen molar-refractivity contribution < 1.29 is 4.74 Å². The first-order valence-electron chi connectivity index (χ1n) is 7.30. The molecule has 0 aliphatic heterocycles. The van der Waals surface area contributed by atoms with E-state index in [1.54, 1.807) is 18.4 Å². The van der Waals surface area contributed by atoms with Crippen LogP contribution in [0.15, 0.2) is 60.5 Å². The first-order valence-corrected chi connectivity index (χ1v) is 8.18. The Morgan fingerprint density at radius 1 is 1.13 bits per heavy atom. The van der Waals surface area contributed by atoms with Crippen molar-refractivity contribution in [1.82, 2.24) is 14.5 Å². The Morgan fingerprint density at radius 3 is 2.74 bits per heavy atom. The Hall–Kier alpha value is -2.66. The van der Waals surface area contributed by atoms with Gasteiger partial charge in [-0.05, 0) is 35.4 Å². The quantitative estimate of drug-likeness (QED) is 0.565. The van der Waals surface area contributed by atoms with Gasteiger partial charge < -0.3 is 9.30 Å². The standard InChI is InChI=1S/C18H15N3OS/c1-22-15-5-2-13(3-6-15)10-21-11-20-16-8-14(4-7-17(16)21)18-9-19-12-23-18/h2-9,11-12H,10H2,1H3. The predicted molar refractivity (Wildman–Crippen MR) is 92.9 cm³/mol. The van der Waals surface area contributed by atoms with E-state index in [0.29, 0.717) is 0 Å². The van der Waals surface area contributed by atoms with Gasteiger partial charge in [0.1, 0.15) is 5.75 Å². The fourth-order valence-corrected chi connectivity index (χ4v) is 3.25. The predicted octanol–water partition coefficient (Wildman–Crippen LogP) is 4.22. The van der Waals surface area contributed by atoms with Crippen LogP contribution in [-0.4, -0.2) is 21.6 Å². The topological polar surface area (TPSA) is 39.9 Å². The minimum Gasteiger partial charge on any atom is -0.497 e. The third kappa shape index (κ3) is 2.71. The van der Waals surface area contributed by atoms with Crippen LogP contribution in [-0.2, 0) is 6.54 Å². The molecule has 0 N–H and O–H groups in total. The van der Waals surface area contributed by atoms with Crippen LogP contribution in [0.25, 0.3) is 21.5 Å². The van der Waals surface area contributed by atoms with E-state index < -0.39 is 0 Å². The van der Waals surface area contributed by atoms with Gasteiger partial charge >= 0.3 is 0 Å². The number of ether oxygens (including phenoxy) is 1. The van der Waals surface area contributed by atoms with Gasteiger partial charge in [-0.15, -0.1) is 11.3 Å². The number of imidazole rings is 1. The van der Waals surface area contributed by atoms with E-state index in [9.17, 15) is 0 Å². The highest BCUT2D eigenvalue weighted by molar-refractivity contribution is 7.13. The summed E-state index contributed by atoms with van der Waals surface area (Å²) < 4.78 is 7.36. The number of aromatic nitrogens is 3. The van der Waals surface area contributed by atoms with Crippen LogP contribution in [0.3, 0.4) is 0 Å². The minimum atomic E-state index is 0.792. The summed E-state index contributed by atoms with van der Waals surface area (Å²) in [6.45, 7) is 0.792. The molecule has 114 valence electrons. The molecule has 0 radical (unpaired) electrons. The van der Waals surface area contributed by atoms with Crippen molar-refractivity contribution in [2.45, 2.75) is 6.54 Å². The summed E-state index contributed by atoms with van der Waals surface area (Å²) in [4.78, 5) is 9.84. The molecular formula is C18H15N3OS. The molecule has 23 heavy (non-hydrogen) atoms. The number of benzene rings is 2. The van der Waals surface area contributed by atoms with Crippen molar-refractivity contribution in [3.8, 4) is 16.2 Å². The van der Waals surface area contributed by atoms with Gasteiger partial charge in [0, 0.05) is 12.7 Å². The molecule has 0 spiro atoms. The van der Waals surface area contributed by atoms with Crippen LogP contribution in [0.2, 0.25) is 0 Å². The molecule has 4 aromatic rings. The van der Waals surface area contributed by atoms with E-state index in [-0.39, 0.29) is 0 Å². The van der Waals surface area contributed by atoms with Crippen molar-refractivity contribution in [3.05, 3.63) is 66.1 Å². The van der Waals surface area contributed by atoms with Crippen molar-refractivity contribution in [2.75, 3.05) is 7.11 Å². The number of hydrogen-bond donors (Lipinski definition) is 0. The van der Waals surface area contributed by atoms with E-state index in [4.69, 9.17) is 4.74 Å². The first-order chi connectivity index (χ1) is 11.3. The van der Waals surface area contributed by atoms with Gasteiger partial charge in [-0.25, -0.2) is 4.98 Å². The van der Waals surface area contributed by atoms with Crippen molar-refractivity contribution in [2.24, 2.45) is 0 Å². The zero-order chi connectivity index (χ0) is 15.6. The lowest BCUT2D eigenvalue weighted by molar-refractivity contribution is 0.414. The zero-order valence-corrected chi connectivity index (χ0v) is 13.5. The molecule has 0 aliphatic rings. The summed E-state index contributed by atoms with van der Waals surface area (Å²) in [5, 5.41) is 0. The van der Waals surface area contributed by atoms with E-state index in [1.807, 2.05) is 30.2 Å². The third-order valence-electron chi connectivity index (χ3n) is 3.85. The SMILES string of the molecule is COc1ccc(Cn2cnc3cc(-c4cncs4)ccc32)cc1. The van der Waals surface area contributed by atoms with Crippen LogP contribution in [0.5, 0.6) is 5.75 Å². The van der Waals surface area contributed by atoms with Gasteiger partial charge in [0.15, 0.2) is 0 Å². The second-order valence-corrected chi connectivity index (χ2v) is 6.18. The van der Waals surface area contributed by atoms with Gasteiger partial charge in [-0.2, -0.15) is 0 Å². The van der Waals surface area contributed by atoms with Crippen LogP contribution < -0.4 is 4.74 Å². The van der Waals surface area contributed by atoms with Crippen LogP contribution in [0.1, 0.15) is 5.56 Å². The number of rotatable bonds is 4. The second kappa shape index (κ2) is 5.85. The maximum atomic E-state index is 5.20. The molecule has 5 heteroatoms. The average molecular weight is 321 g/mol. The molecule has 0 atom stereocenters. The molecule has 0 fully saturated rings. The van der Waals surface area contributed by atoms with E-state index >= 15 is 0 Å². The molecule has 0 bridgehead atoms. The Labute approximate surface area is 138 Å². The maximum Gasteiger partial charge on any atom is 0.118 e. The Bertz CT molecular complexity index is 927. The van der Waals surface area contributed by atoms with E-state index in [0.717, 1.165) is 33.8 Å². The summed E-state index contributed by atoms with van der Waals surface area (Å²) in [5.74, 6) is 0.874. The molecule has 2 heterocycles. The highest BCUT2D eigenvalue weighted by atomic mass is 32.1. The lowest BCUT2D eigenvalue weighted by Crippen LogP contribution is -1.97. The van der Waals surface area contributed by atoms with Gasteiger partial charge in [0.25, 0.3) is 0 Å². The molecule has 0 unspecified atom stereocenters. The summed E-state index contributed by atoms with van der Waals surface area (Å²) >= 11 is 1.64. The third-order valence-corrected chi connectivity index (χ3v) is 4.67. The fourth-order valence-electron chi connectivity index (χ4n) is 2.63. The smallest absolute Gasteiger partial charge is 0.118 e. The fraction of sp³-hybridized carbons (Fsp3) is 0.111. The number of hydrogen-bond acceptors (Lipinski definition) is 4. The van der Waals surface area contributed by atoms with Crippen LogP contribution in [0, 0.1) is 0 Å². The molecule has 4 rings (SSSR count). The molecule has 0 amide bonds. The van der Waals surface area contributed by atoms with Gasteiger partial charge in [0.05, 0.1) is 34.9 Å². The van der Waals surface area contributed by atoms with Gasteiger partial charge in [-0.3, -0.25) is 4.98 Å². The van der Waals surface area contributed by atoms with Crippen molar-refractivity contribution >= 4 is 22.4 Å². The lowest BCUT2D eigenvalue weighted by Gasteiger charge is -2.06. The van der Waals surface area contributed by atoms with Crippen LogP contribution in [0.4, 0.5) is 0 Å². The summed E-state index contributed by atoms with van der Waals surface area (Å²) in [6.07, 6.45) is 3.78. The number of thiazole rings is 1. The van der Waals surface area contributed by atoms with Crippen molar-refractivity contribution in [3.63, 3.8) is 0 Å². The van der Waals surface area contributed by atoms with Gasteiger partial charge in [0.2, 0.25) is 0 Å². The number of fused-ring (bicyclic) bond motifs is 1. The molecule has 4 nitrogen and oxygen atoms in total. The number of methoxy groups -OCH3 is 1. The van der Waals surface area contributed by atoms with Gasteiger partial charge in [-0.1, -0.05) is 18.2 Å². The van der Waals surface area contributed by atoms with Crippen molar-refractivity contribution in [1.29, 1.82) is 0 Å². The Balaban J connectivity index is 1.65. The second-order valence-electron chi connectivity index (χ2n) is 5.29. The lowest BCUT2D eigenvalue weighted by atomic mass is 10.1. The zero-order valence-electron chi connectivity index (χ0n) is 12.6. The normalized spacial score (nSPS) is 11.0. The molecule has 0 saturated heterocycles. The molecule has 0 saturated carbocycles. The molecule has 2 aromatic carbocycles. The van der Waals surface area contributed by atoms with Crippen LogP contribution >= 0.6 is 11.3 Å². The molecular weight excluding hydrogens is 306 g/mol. The Kier molecular flexibility index (Phi) is 3.55. The first kappa shape index (κ1) is 14.0. The van der Waals surface area contributed by atoms with E-state index in [2.05, 4.69) is 44.9 Å². The largest absolute Gasteiger partial charge is 0.497 e. The molecule has 0 aliphatic carbocycles. The highest BCUT2D eigenvalue weighted by Gasteiger charge is 2.07. The summed E-state index contributed by atoms with van der Waals surface area (Å²) in [7, 11) is 1.68. The highest BCUT2D eigenvalue weighted by Crippen LogP contribution is 2.26. The summed E-state index contributed by atoms with van der Waals surface area (Å²) in [5.41, 5.74) is 6.37. The maximum absolute atomic E-state index is 5.20. The average Bonchev–Trinajstić information content (AvgIpc) is 3.25.